The molecule has 11 heteroatoms. The number of anilines is 1. The van der Waals surface area contributed by atoms with E-state index in [2.05, 4.69) is 26.8 Å². The van der Waals surface area contributed by atoms with Crippen molar-refractivity contribution in [2.45, 2.75) is 33.7 Å². The van der Waals surface area contributed by atoms with Gasteiger partial charge in [-0.1, -0.05) is 78.4 Å². The summed E-state index contributed by atoms with van der Waals surface area (Å²) in [5.74, 6) is 0.386. The van der Waals surface area contributed by atoms with Gasteiger partial charge in [0.2, 0.25) is 5.91 Å². The third kappa shape index (κ3) is 9.51. The molecule has 0 atom stereocenters. The van der Waals surface area contributed by atoms with Gasteiger partial charge in [-0.25, -0.2) is 4.79 Å². The highest BCUT2D eigenvalue weighted by Gasteiger charge is 2.20. The Bertz CT molecular complexity index is 2430. The van der Waals surface area contributed by atoms with E-state index in [-0.39, 0.29) is 29.7 Å². The van der Waals surface area contributed by atoms with Crippen molar-refractivity contribution in [3.05, 3.63) is 155 Å². The van der Waals surface area contributed by atoms with E-state index >= 15 is 0 Å². The van der Waals surface area contributed by atoms with Crippen molar-refractivity contribution in [2.75, 3.05) is 18.1 Å². The predicted molar refractivity (Wildman–Crippen MR) is 213 cm³/mol. The number of para-hydroxylation sites is 2. The second-order valence-electron chi connectivity index (χ2n) is 12.9. The fraction of sp³-hybridized carbons (Fsp3) is 0.159. The molecule has 0 saturated heterocycles. The first kappa shape index (κ1) is 37.7. The number of hydrogen-bond donors (Lipinski definition) is 3. The Kier molecular flexibility index (Phi) is 12.1. The number of carbonyl (C=O) groups is 3. The lowest BCUT2D eigenvalue weighted by Crippen LogP contribution is -2.29. The number of benzene rings is 6. The first-order valence-electron chi connectivity index (χ1n) is 17.8. The maximum atomic E-state index is 13.1. The predicted octanol–water partition coefficient (Wildman–Crippen LogP) is 8.09. The number of phenols is 1. The van der Waals surface area contributed by atoms with Crippen molar-refractivity contribution < 1.29 is 29.0 Å². The lowest BCUT2D eigenvalue weighted by molar-refractivity contribution is -0.116. The first-order valence-corrected chi connectivity index (χ1v) is 17.8. The minimum absolute atomic E-state index is 0.0718. The standard InChI is InChI=1S/C31H32N2O4.C13H9N3O2/c1-21-14-15-29(22(2)18-21)37-17-9-16-32-31(36)28-19-24(26-12-7-8-13-27(26)30(28)35)20-33(23(3)34)25-10-5-4-6-11-25;17-13(18-10-4-2-1-3-5-10)9-6-7-11-12(8-9)15-16-14-11/h4-8,10-15,18-19,35H,9,16-17,20H2,1-3H3,(H,32,36);1-8H,(H,14,15,16). The van der Waals surface area contributed by atoms with Crippen LogP contribution in [-0.2, 0) is 11.3 Å². The van der Waals surface area contributed by atoms with E-state index in [0.717, 1.165) is 28.0 Å². The molecular weight excluding hydrogens is 695 g/mol. The molecule has 0 spiro atoms. The van der Waals surface area contributed by atoms with Gasteiger partial charge >= 0.3 is 5.97 Å². The number of H-pyrrole nitrogens is 1. The molecule has 2 amide bonds. The number of aromatic hydroxyl groups is 1. The summed E-state index contributed by atoms with van der Waals surface area (Å²) in [5, 5.41) is 25.5. The van der Waals surface area contributed by atoms with Crippen LogP contribution in [0.3, 0.4) is 0 Å². The lowest BCUT2D eigenvalue weighted by Gasteiger charge is -2.23. The third-order valence-electron chi connectivity index (χ3n) is 8.82. The average Bonchev–Trinajstić information content (AvgIpc) is 3.67. The van der Waals surface area contributed by atoms with Gasteiger partial charge in [-0.3, -0.25) is 9.59 Å². The summed E-state index contributed by atoms with van der Waals surface area (Å²) in [4.78, 5) is 39.1. The highest BCUT2D eigenvalue weighted by molar-refractivity contribution is 6.05. The maximum absolute atomic E-state index is 13.1. The summed E-state index contributed by atoms with van der Waals surface area (Å²) in [6.45, 7) is 6.70. The summed E-state index contributed by atoms with van der Waals surface area (Å²) in [5.41, 5.74) is 5.77. The van der Waals surface area contributed by atoms with Crippen LogP contribution in [0.15, 0.2) is 127 Å². The van der Waals surface area contributed by atoms with Gasteiger partial charge in [0.15, 0.2) is 0 Å². The zero-order chi connectivity index (χ0) is 38.7. The average molecular weight is 736 g/mol. The molecule has 55 heavy (non-hydrogen) atoms. The lowest BCUT2D eigenvalue weighted by atomic mass is 9.98. The van der Waals surface area contributed by atoms with Crippen molar-refractivity contribution in [1.82, 2.24) is 20.7 Å². The Balaban J connectivity index is 0.000000237. The molecule has 7 aromatic rings. The number of esters is 1. The number of aromatic amines is 1. The second kappa shape index (κ2) is 17.7. The summed E-state index contributed by atoms with van der Waals surface area (Å²) in [7, 11) is 0. The Labute approximate surface area is 318 Å². The molecule has 0 saturated carbocycles. The van der Waals surface area contributed by atoms with Gasteiger partial charge in [0, 0.05) is 24.5 Å². The van der Waals surface area contributed by atoms with Crippen LogP contribution in [-0.4, -0.2) is 51.5 Å². The highest BCUT2D eigenvalue weighted by atomic mass is 16.5. The number of amides is 2. The fourth-order valence-corrected chi connectivity index (χ4v) is 6.04. The van der Waals surface area contributed by atoms with Crippen LogP contribution < -0.4 is 19.7 Å². The van der Waals surface area contributed by atoms with E-state index in [1.54, 1.807) is 47.4 Å². The van der Waals surface area contributed by atoms with Gasteiger partial charge in [0.25, 0.3) is 5.91 Å². The number of aryl methyl sites for hydroxylation is 2. The maximum Gasteiger partial charge on any atom is 0.343 e. The van der Waals surface area contributed by atoms with Crippen LogP contribution in [0.4, 0.5) is 5.69 Å². The Morgan fingerprint density at radius 1 is 0.782 bits per heavy atom. The minimum atomic E-state index is -0.411. The van der Waals surface area contributed by atoms with Gasteiger partial charge < -0.3 is 24.8 Å². The zero-order valence-electron chi connectivity index (χ0n) is 30.8. The number of phenolic OH excluding ortho intramolecular Hbond substituents is 1. The Hall–Kier alpha value is -7.01. The minimum Gasteiger partial charge on any atom is -0.506 e. The molecule has 0 bridgehead atoms. The molecule has 6 aromatic carbocycles. The quantitative estimate of drug-likeness (QED) is 0.0687. The Morgan fingerprint density at radius 3 is 2.20 bits per heavy atom. The molecule has 0 aliphatic carbocycles. The van der Waals surface area contributed by atoms with Gasteiger partial charge in [-0.15, -0.1) is 0 Å². The summed E-state index contributed by atoms with van der Waals surface area (Å²) in [6.07, 6.45) is 0.617. The smallest absolute Gasteiger partial charge is 0.343 e. The number of nitrogens with one attached hydrogen (secondary N) is 2. The number of rotatable bonds is 11. The van der Waals surface area contributed by atoms with E-state index in [4.69, 9.17) is 9.47 Å². The molecule has 11 nitrogen and oxygen atoms in total. The number of aromatic nitrogens is 3. The summed E-state index contributed by atoms with van der Waals surface area (Å²) < 4.78 is 11.1. The number of hydrogen-bond acceptors (Lipinski definition) is 8. The van der Waals surface area contributed by atoms with Gasteiger partial charge in [-0.2, -0.15) is 15.4 Å². The fourth-order valence-electron chi connectivity index (χ4n) is 6.04. The zero-order valence-corrected chi connectivity index (χ0v) is 30.8. The molecule has 0 radical (unpaired) electrons. The van der Waals surface area contributed by atoms with Gasteiger partial charge in [0.05, 0.1) is 24.3 Å². The number of nitrogens with zero attached hydrogens (tertiary/aromatic N) is 3. The largest absolute Gasteiger partial charge is 0.506 e. The van der Waals surface area contributed by atoms with Gasteiger partial charge in [-0.05, 0) is 91.4 Å². The van der Waals surface area contributed by atoms with Crippen LogP contribution in [0.2, 0.25) is 0 Å². The molecule has 3 N–H and O–H groups in total. The number of fused-ring (bicyclic) bond motifs is 2. The normalized spacial score (nSPS) is 10.7. The van der Waals surface area contributed by atoms with Crippen molar-refractivity contribution in [3.63, 3.8) is 0 Å². The summed E-state index contributed by atoms with van der Waals surface area (Å²) in [6, 6.07) is 38.4. The molecule has 1 heterocycles. The van der Waals surface area contributed by atoms with E-state index in [0.29, 0.717) is 47.3 Å². The third-order valence-corrected chi connectivity index (χ3v) is 8.82. The molecule has 0 unspecified atom stereocenters. The van der Waals surface area contributed by atoms with E-state index in [1.807, 2.05) is 92.7 Å². The SMILES string of the molecule is CC(=O)N(Cc1cc(C(=O)NCCCOc2ccc(C)cc2C)c(O)c2ccccc12)c1ccccc1.O=C(Oc1ccccc1)c1ccc2n[nH]nc2c1. The van der Waals surface area contributed by atoms with Gasteiger partial charge in [0.1, 0.15) is 28.3 Å². The van der Waals surface area contributed by atoms with Crippen molar-refractivity contribution >= 4 is 45.3 Å². The molecule has 7 rings (SSSR count). The highest BCUT2D eigenvalue weighted by Crippen LogP contribution is 2.33. The molecular formula is C44H41N5O6. The number of ether oxygens (including phenoxy) is 2. The summed E-state index contributed by atoms with van der Waals surface area (Å²) >= 11 is 0. The first-order chi connectivity index (χ1) is 26.7. The van der Waals surface area contributed by atoms with Crippen LogP contribution in [0.5, 0.6) is 17.2 Å². The van der Waals surface area contributed by atoms with Crippen LogP contribution >= 0.6 is 0 Å². The molecule has 0 aliphatic heterocycles. The van der Waals surface area contributed by atoms with Crippen molar-refractivity contribution in [2.24, 2.45) is 0 Å². The monoisotopic (exact) mass is 735 g/mol. The molecule has 1 aromatic heterocycles. The van der Waals surface area contributed by atoms with E-state index in [1.165, 1.54) is 12.5 Å². The van der Waals surface area contributed by atoms with E-state index < -0.39 is 5.97 Å². The van der Waals surface area contributed by atoms with Crippen molar-refractivity contribution in [3.8, 4) is 17.2 Å². The van der Waals surface area contributed by atoms with Crippen LogP contribution in [0.25, 0.3) is 21.8 Å². The van der Waals surface area contributed by atoms with Crippen molar-refractivity contribution in [1.29, 1.82) is 0 Å². The van der Waals surface area contributed by atoms with E-state index in [9.17, 15) is 19.5 Å². The molecule has 278 valence electrons. The van der Waals surface area contributed by atoms with Crippen LogP contribution in [0, 0.1) is 13.8 Å². The molecule has 0 fully saturated rings. The molecule has 0 aliphatic rings. The second-order valence-corrected chi connectivity index (χ2v) is 12.9. The Morgan fingerprint density at radius 2 is 1.47 bits per heavy atom. The topological polar surface area (TPSA) is 147 Å². The number of carbonyl (C=O) groups excluding carboxylic acids is 3. The van der Waals surface area contributed by atoms with Crippen LogP contribution in [0.1, 0.15) is 50.8 Å².